The maximum absolute atomic E-state index is 11.0. The second-order valence-corrected chi connectivity index (χ2v) is 2.66. The van der Waals surface area contributed by atoms with Crippen LogP contribution in [0.15, 0.2) is 29.4 Å². The molecule has 0 bridgehead atoms. The van der Waals surface area contributed by atoms with Gasteiger partial charge < -0.3 is 5.32 Å². The van der Waals surface area contributed by atoms with Crippen LogP contribution < -0.4 is 5.32 Å². The highest BCUT2D eigenvalue weighted by atomic mass is 16.1. The zero-order valence-electron chi connectivity index (χ0n) is 8.21. The van der Waals surface area contributed by atoms with E-state index < -0.39 is 0 Å². The first-order valence-corrected chi connectivity index (χ1v) is 4.23. The molecule has 72 valence electrons. The van der Waals surface area contributed by atoms with Crippen LogP contribution in [0, 0.1) is 0 Å². The molecule has 1 N–H and O–H groups in total. The van der Waals surface area contributed by atoms with E-state index in [9.17, 15) is 4.79 Å². The minimum atomic E-state index is -0.0598. The molecule has 0 radical (unpaired) electrons. The molecule has 0 heterocycles. The Morgan fingerprint density at radius 1 is 1.69 bits per heavy atom. The van der Waals surface area contributed by atoms with Crippen LogP contribution in [0.4, 0.5) is 0 Å². The summed E-state index contributed by atoms with van der Waals surface area (Å²) in [4.78, 5) is 14.7. The lowest BCUT2D eigenvalue weighted by Crippen LogP contribution is -2.32. The molecule has 0 unspecified atom stereocenters. The summed E-state index contributed by atoms with van der Waals surface area (Å²) in [6.45, 7) is 10.7. The van der Waals surface area contributed by atoms with Gasteiger partial charge in [0, 0.05) is 12.6 Å². The summed E-state index contributed by atoms with van der Waals surface area (Å²) in [5.41, 5.74) is 0.858. The first-order valence-electron chi connectivity index (χ1n) is 4.23. The van der Waals surface area contributed by atoms with Gasteiger partial charge in [-0.25, -0.2) is 0 Å². The molecule has 13 heavy (non-hydrogen) atoms. The van der Waals surface area contributed by atoms with Gasteiger partial charge in [-0.2, -0.15) is 0 Å². The smallest absolute Gasteiger partial charge is 0.220 e. The van der Waals surface area contributed by atoms with Gasteiger partial charge in [0.2, 0.25) is 5.91 Å². The first kappa shape index (κ1) is 11.6. The number of carbonyl (C=O) groups is 1. The van der Waals surface area contributed by atoms with Crippen molar-refractivity contribution in [2.45, 2.75) is 26.3 Å². The lowest BCUT2D eigenvalue weighted by Gasteiger charge is -2.13. The van der Waals surface area contributed by atoms with Crippen LogP contribution >= 0.6 is 0 Å². The molecule has 0 aliphatic carbocycles. The third kappa shape index (κ3) is 4.25. The summed E-state index contributed by atoms with van der Waals surface area (Å²) >= 11 is 0. The number of hydrogen-bond acceptors (Lipinski definition) is 2. The molecule has 0 spiro atoms. The third-order valence-corrected chi connectivity index (χ3v) is 1.67. The van der Waals surface area contributed by atoms with Gasteiger partial charge in [0.1, 0.15) is 0 Å². The standard InChI is InChI=1S/C10H16N2O/c1-5-9(7-11-4)8(3)12-10(13)6-2/h5,7-8H,1,4,6H2,2-3H3,(H,12,13)/b9-7+/t8-/m0/s1. The fourth-order valence-electron chi connectivity index (χ4n) is 0.874. The van der Waals surface area contributed by atoms with Crippen LogP contribution in [-0.4, -0.2) is 18.7 Å². The van der Waals surface area contributed by atoms with Crippen molar-refractivity contribution in [3.63, 3.8) is 0 Å². The van der Waals surface area contributed by atoms with Gasteiger partial charge >= 0.3 is 0 Å². The van der Waals surface area contributed by atoms with Crippen LogP contribution in [0.5, 0.6) is 0 Å². The number of aliphatic imine (C=N–C) groups is 1. The second-order valence-electron chi connectivity index (χ2n) is 2.66. The number of nitrogens with zero attached hydrogens (tertiary/aromatic N) is 1. The van der Waals surface area contributed by atoms with Gasteiger partial charge in [0.15, 0.2) is 0 Å². The van der Waals surface area contributed by atoms with E-state index >= 15 is 0 Å². The van der Waals surface area contributed by atoms with Gasteiger partial charge in [-0.05, 0) is 19.2 Å². The van der Waals surface area contributed by atoms with Gasteiger partial charge in [0.05, 0.1) is 6.04 Å². The molecule has 0 rings (SSSR count). The van der Waals surface area contributed by atoms with E-state index in [2.05, 4.69) is 23.6 Å². The van der Waals surface area contributed by atoms with Crippen molar-refractivity contribution < 1.29 is 4.79 Å². The SMILES string of the molecule is C=C/C(=C\N=C)[C@H](C)NC(=O)CC. The van der Waals surface area contributed by atoms with Crippen molar-refractivity contribution in [2.24, 2.45) is 4.99 Å². The van der Waals surface area contributed by atoms with Gasteiger partial charge in [0.25, 0.3) is 0 Å². The third-order valence-electron chi connectivity index (χ3n) is 1.67. The molecular weight excluding hydrogens is 164 g/mol. The predicted octanol–water partition coefficient (Wildman–Crippen LogP) is 1.67. The van der Waals surface area contributed by atoms with Gasteiger partial charge in [-0.15, -0.1) is 0 Å². The van der Waals surface area contributed by atoms with E-state index in [1.54, 1.807) is 12.3 Å². The van der Waals surface area contributed by atoms with Crippen molar-refractivity contribution in [1.82, 2.24) is 5.32 Å². The number of carbonyl (C=O) groups excluding carboxylic acids is 1. The zero-order valence-corrected chi connectivity index (χ0v) is 8.21. The molecule has 3 heteroatoms. The van der Waals surface area contributed by atoms with Crippen molar-refractivity contribution in [3.05, 3.63) is 24.4 Å². The van der Waals surface area contributed by atoms with Gasteiger partial charge in [-0.1, -0.05) is 19.6 Å². The summed E-state index contributed by atoms with van der Waals surface area (Å²) < 4.78 is 0. The van der Waals surface area contributed by atoms with Crippen molar-refractivity contribution in [2.75, 3.05) is 0 Å². The van der Waals surface area contributed by atoms with E-state index in [4.69, 9.17) is 0 Å². The Hall–Kier alpha value is -1.38. The quantitative estimate of drug-likeness (QED) is 0.507. The van der Waals surface area contributed by atoms with Crippen molar-refractivity contribution >= 4 is 12.6 Å². The van der Waals surface area contributed by atoms with Crippen LogP contribution in [0.25, 0.3) is 0 Å². The highest BCUT2D eigenvalue weighted by molar-refractivity contribution is 5.76. The Balaban J connectivity index is 4.29. The molecule has 0 aromatic heterocycles. The Labute approximate surface area is 79.3 Å². The summed E-state index contributed by atoms with van der Waals surface area (Å²) in [5, 5.41) is 2.80. The molecule has 0 saturated heterocycles. The Bertz CT molecular complexity index is 231. The van der Waals surface area contributed by atoms with E-state index in [-0.39, 0.29) is 11.9 Å². The van der Waals surface area contributed by atoms with Crippen LogP contribution in [-0.2, 0) is 4.79 Å². The van der Waals surface area contributed by atoms with Crippen molar-refractivity contribution in [1.29, 1.82) is 0 Å². The molecule has 0 fully saturated rings. The molecule has 0 aliphatic rings. The average Bonchev–Trinajstić information content (AvgIpc) is 2.13. The number of amides is 1. The average molecular weight is 180 g/mol. The summed E-state index contributed by atoms with van der Waals surface area (Å²) in [5.74, 6) is 0.0179. The summed E-state index contributed by atoms with van der Waals surface area (Å²) in [6.07, 6.45) is 3.74. The molecular formula is C10H16N2O. The van der Waals surface area contributed by atoms with E-state index in [1.165, 1.54) is 0 Å². The zero-order chi connectivity index (χ0) is 10.3. The van der Waals surface area contributed by atoms with Crippen LogP contribution in [0.1, 0.15) is 20.3 Å². The molecule has 0 saturated carbocycles. The lowest BCUT2D eigenvalue weighted by atomic mass is 10.1. The van der Waals surface area contributed by atoms with E-state index in [0.29, 0.717) is 6.42 Å². The highest BCUT2D eigenvalue weighted by Gasteiger charge is 2.07. The number of rotatable bonds is 5. The minimum absolute atomic E-state index is 0.0179. The highest BCUT2D eigenvalue weighted by Crippen LogP contribution is 2.03. The fraction of sp³-hybridized carbons (Fsp3) is 0.400. The van der Waals surface area contributed by atoms with Gasteiger partial charge in [-0.3, -0.25) is 9.79 Å². The monoisotopic (exact) mass is 180 g/mol. The molecule has 1 atom stereocenters. The Morgan fingerprint density at radius 2 is 2.31 bits per heavy atom. The molecule has 0 aliphatic heterocycles. The Kier molecular flexibility index (Phi) is 5.52. The first-order chi connectivity index (χ1) is 6.15. The summed E-state index contributed by atoms with van der Waals surface area (Å²) in [7, 11) is 0. The molecule has 1 amide bonds. The molecule has 0 aromatic rings. The normalized spacial score (nSPS) is 13.2. The fourth-order valence-corrected chi connectivity index (χ4v) is 0.874. The Morgan fingerprint density at radius 3 is 2.69 bits per heavy atom. The molecule has 3 nitrogen and oxygen atoms in total. The maximum Gasteiger partial charge on any atom is 0.220 e. The lowest BCUT2D eigenvalue weighted by molar-refractivity contribution is -0.121. The van der Waals surface area contributed by atoms with Crippen LogP contribution in [0.2, 0.25) is 0 Å². The van der Waals surface area contributed by atoms with E-state index in [0.717, 1.165) is 5.57 Å². The largest absolute Gasteiger partial charge is 0.350 e. The minimum Gasteiger partial charge on any atom is -0.350 e. The van der Waals surface area contributed by atoms with Crippen molar-refractivity contribution in [3.8, 4) is 0 Å². The maximum atomic E-state index is 11.0. The molecule has 0 aromatic carbocycles. The summed E-state index contributed by atoms with van der Waals surface area (Å²) in [6, 6.07) is -0.0598. The number of hydrogen-bond donors (Lipinski definition) is 1. The topological polar surface area (TPSA) is 41.5 Å². The second kappa shape index (κ2) is 6.17. The van der Waals surface area contributed by atoms with E-state index in [1.807, 2.05) is 13.8 Å². The number of nitrogens with one attached hydrogen (secondary N) is 1. The predicted molar refractivity (Wildman–Crippen MR) is 55.7 cm³/mol. The van der Waals surface area contributed by atoms with Crippen LogP contribution in [0.3, 0.4) is 0 Å².